The summed E-state index contributed by atoms with van der Waals surface area (Å²) < 4.78 is 13.9. The Bertz CT molecular complexity index is 1060. The third kappa shape index (κ3) is 4.11. The molecule has 2 N–H and O–H groups in total. The van der Waals surface area contributed by atoms with Crippen molar-refractivity contribution in [1.29, 1.82) is 0 Å². The molecule has 0 bridgehead atoms. The summed E-state index contributed by atoms with van der Waals surface area (Å²) in [5, 5.41) is 9.61. The normalized spacial score (nSPS) is 10.6. The van der Waals surface area contributed by atoms with Crippen LogP contribution in [0.15, 0.2) is 33.5 Å². The molecule has 2 amide bonds. The molecular formula is C17H16N4O5S. The van der Waals surface area contributed by atoms with E-state index in [1.165, 1.54) is 7.11 Å². The van der Waals surface area contributed by atoms with Gasteiger partial charge in [0.1, 0.15) is 16.2 Å². The Labute approximate surface area is 157 Å². The fourth-order valence-corrected chi connectivity index (χ4v) is 3.00. The first-order chi connectivity index (χ1) is 13.0. The molecule has 2 aromatic heterocycles. The second-order valence-corrected chi connectivity index (χ2v) is 6.29. The number of ether oxygens (including phenoxy) is 1. The minimum absolute atomic E-state index is 0.188. The summed E-state index contributed by atoms with van der Waals surface area (Å²) in [4.78, 5) is 36.6. The van der Waals surface area contributed by atoms with E-state index < -0.39 is 11.5 Å². The average molecular weight is 388 g/mol. The number of carbonyl (C=O) groups excluding carboxylic acids is 2. The van der Waals surface area contributed by atoms with E-state index in [4.69, 9.17) is 9.15 Å². The molecule has 0 fully saturated rings. The van der Waals surface area contributed by atoms with Crippen molar-refractivity contribution in [2.75, 3.05) is 20.2 Å². The molecule has 0 aliphatic heterocycles. The lowest BCUT2D eigenvalue weighted by molar-refractivity contribution is 0.0929. The van der Waals surface area contributed by atoms with Crippen LogP contribution in [0.1, 0.15) is 25.7 Å². The van der Waals surface area contributed by atoms with Crippen LogP contribution in [-0.4, -0.2) is 41.6 Å². The highest BCUT2D eigenvalue weighted by atomic mass is 32.1. The first-order valence-electron chi connectivity index (χ1n) is 7.97. The molecule has 0 unspecified atom stereocenters. The third-order valence-corrected chi connectivity index (χ3v) is 4.58. The lowest BCUT2D eigenvalue weighted by Gasteiger charge is -2.09. The number of hydrogen-bond donors (Lipinski definition) is 2. The number of nitrogens with one attached hydrogen (secondary N) is 2. The molecule has 0 atom stereocenters. The number of aryl methyl sites for hydroxylation is 1. The van der Waals surface area contributed by atoms with Crippen LogP contribution in [0.25, 0.3) is 11.0 Å². The summed E-state index contributed by atoms with van der Waals surface area (Å²) in [5.74, 6) is -0.226. The highest BCUT2D eigenvalue weighted by Gasteiger charge is 2.15. The van der Waals surface area contributed by atoms with E-state index in [-0.39, 0.29) is 30.1 Å². The smallest absolute Gasteiger partial charge is 0.337 e. The van der Waals surface area contributed by atoms with Gasteiger partial charge in [-0.3, -0.25) is 9.59 Å². The Hall–Kier alpha value is -3.27. The number of amides is 2. The molecule has 27 heavy (non-hydrogen) atoms. The number of benzene rings is 1. The number of carbonyl (C=O) groups is 2. The molecular weight excluding hydrogens is 372 g/mol. The molecule has 0 saturated carbocycles. The molecule has 9 nitrogen and oxygen atoms in total. The zero-order chi connectivity index (χ0) is 19.4. The van der Waals surface area contributed by atoms with Gasteiger partial charge < -0.3 is 19.8 Å². The molecule has 0 radical (unpaired) electrons. The summed E-state index contributed by atoms with van der Waals surface area (Å²) in [6, 6.07) is 5.99. The quantitative estimate of drug-likeness (QED) is 0.479. The van der Waals surface area contributed by atoms with Crippen LogP contribution < -0.4 is 21.0 Å². The number of nitrogens with zero attached hydrogens (tertiary/aromatic N) is 2. The van der Waals surface area contributed by atoms with E-state index in [0.717, 1.165) is 17.6 Å². The fourth-order valence-electron chi connectivity index (χ4n) is 2.43. The van der Waals surface area contributed by atoms with Crippen molar-refractivity contribution in [3.8, 4) is 5.75 Å². The van der Waals surface area contributed by atoms with E-state index in [2.05, 4.69) is 20.2 Å². The number of rotatable bonds is 6. The van der Waals surface area contributed by atoms with E-state index >= 15 is 0 Å². The van der Waals surface area contributed by atoms with Gasteiger partial charge in [0.15, 0.2) is 0 Å². The van der Waals surface area contributed by atoms with E-state index in [1.807, 2.05) is 0 Å². The summed E-state index contributed by atoms with van der Waals surface area (Å²) >= 11 is 1.01. The SMILES string of the molecule is COc1ccc2c(C(=O)NCCNC(=O)c3snnc3C)cc(=O)oc2c1. The van der Waals surface area contributed by atoms with Gasteiger partial charge >= 0.3 is 5.63 Å². The second kappa shape index (κ2) is 7.96. The van der Waals surface area contributed by atoms with Crippen molar-refractivity contribution < 1.29 is 18.7 Å². The molecule has 0 aliphatic carbocycles. The summed E-state index contributed by atoms with van der Waals surface area (Å²) in [6.45, 7) is 2.10. The molecule has 140 valence electrons. The van der Waals surface area contributed by atoms with Gasteiger partial charge in [-0.05, 0) is 30.6 Å². The molecule has 3 rings (SSSR count). The van der Waals surface area contributed by atoms with Crippen molar-refractivity contribution in [2.45, 2.75) is 6.92 Å². The van der Waals surface area contributed by atoms with Crippen LogP contribution in [0.5, 0.6) is 5.75 Å². The number of hydrogen-bond acceptors (Lipinski definition) is 8. The zero-order valence-corrected chi connectivity index (χ0v) is 15.4. The molecule has 10 heteroatoms. The van der Waals surface area contributed by atoms with Gasteiger partial charge in [0, 0.05) is 30.6 Å². The zero-order valence-electron chi connectivity index (χ0n) is 14.6. The van der Waals surface area contributed by atoms with Gasteiger partial charge in [-0.1, -0.05) is 4.49 Å². The summed E-state index contributed by atoms with van der Waals surface area (Å²) in [6.07, 6.45) is 0. The molecule has 0 saturated heterocycles. The summed E-state index contributed by atoms with van der Waals surface area (Å²) in [5.41, 5.74) is 0.369. The van der Waals surface area contributed by atoms with E-state index in [1.54, 1.807) is 25.1 Å². The number of methoxy groups -OCH3 is 1. The monoisotopic (exact) mass is 388 g/mol. The topological polar surface area (TPSA) is 123 Å². The lowest BCUT2D eigenvalue weighted by Crippen LogP contribution is -2.35. The maximum Gasteiger partial charge on any atom is 0.337 e. The number of fused-ring (bicyclic) bond motifs is 1. The summed E-state index contributed by atoms with van der Waals surface area (Å²) in [7, 11) is 1.49. The van der Waals surface area contributed by atoms with E-state index in [0.29, 0.717) is 21.7 Å². The van der Waals surface area contributed by atoms with Crippen LogP contribution in [-0.2, 0) is 0 Å². The molecule has 0 aliphatic rings. The predicted molar refractivity (Wildman–Crippen MR) is 98.3 cm³/mol. The van der Waals surface area contributed by atoms with Crippen molar-refractivity contribution in [2.24, 2.45) is 0 Å². The van der Waals surface area contributed by atoms with Gasteiger partial charge in [-0.25, -0.2) is 4.79 Å². The second-order valence-electron chi connectivity index (χ2n) is 5.54. The average Bonchev–Trinajstić information content (AvgIpc) is 3.09. The van der Waals surface area contributed by atoms with Crippen molar-refractivity contribution in [3.05, 3.63) is 50.8 Å². The Kier molecular flexibility index (Phi) is 5.46. The first kappa shape index (κ1) is 18.5. The Morgan fingerprint density at radius 1 is 1.19 bits per heavy atom. The van der Waals surface area contributed by atoms with Gasteiger partial charge in [-0.15, -0.1) is 5.10 Å². The van der Waals surface area contributed by atoms with Crippen molar-refractivity contribution in [3.63, 3.8) is 0 Å². The van der Waals surface area contributed by atoms with Crippen molar-refractivity contribution in [1.82, 2.24) is 20.2 Å². The van der Waals surface area contributed by atoms with Crippen LogP contribution in [0.2, 0.25) is 0 Å². The van der Waals surface area contributed by atoms with E-state index in [9.17, 15) is 14.4 Å². The maximum absolute atomic E-state index is 12.4. The van der Waals surface area contributed by atoms with Crippen LogP contribution in [0.4, 0.5) is 0 Å². The van der Waals surface area contributed by atoms with Crippen LogP contribution >= 0.6 is 11.5 Å². The van der Waals surface area contributed by atoms with Gasteiger partial charge in [0.05, 0.1) is 18.4 Å². The predicted octanol–water partition coefficient (Wildman–Crippen LogP) is 1.12. The Morgan fingerprint density at radius 2 is 1.93 bits per heavy atom. The maximum atomic E-state index is 12.4. The molecule has 1 aromatic carbocycles. The highest BCUT2D eigenvalue weighted by molar-refractivity contribution is 7.08. The first-order valence-corrected chi connectivity index (χ1v) is 8.74. The van der Waals surface area contributed by atoms with Gasteiger partial charge in [0.2, 0.25) is 0 Å². The molecule has 3 aromatic rings. The highest BCUT2D eigenvalue weighted by Crippen LogP contribution is 2.22. The molecule has 2 heterocycles. The third-order valence-electron chi connectivity index (χ3n) is 3.75. The largest absolute Gasteiger partial charge is 0.497 e. The van der Waals surface area contributed by atoms with Gasteiger partial charge in [0.25, 0.3) is 11.8 Å². The van der Waals surface area contributed by atoms with Crippen molar-refractivity contribution >= 4 is 34.3 Å². The number of aromatic nitrogens is 2. The fraction of sp³-hybridized carbons (Fsp3) is 0.235. The van der Waals surface area contributed by atoms with Crippen LogP contribution in [0.3, 0.4) is 0 Å². The lowest BCUT2D eigenvalue weighted by atomic mass is 10.1. The van der Waals surface area contributed by atoms with Crippen LogP contribution in [0, 0.1) is 6.92 Å². The minimum Gasteiger partial charge on any atom is -0.497 e. The standard InChI is InChI=1S/C17H16N4O5S/c1-9-15(27-21-20-9)17(24)19-6-5-18-16(23)12-8-14(22)26-13-7-10(25-2)3-4-11(12)13/h3-4,7-8H,5-6H2,1-2H3,(H,18,23)(H,19,24). The Balaban J connectivity index is 1.65. The minimum atomic E-state index is -0.637. The molecule has 0 spiro atoms. The Morgan fingerprint density at radius 3 is 2.59 bits per heavy atom. The van der Waals surface area contributed by atoms with Gasteiger partial charge in [-0.2, -0.15) is 0 Å².